The summed E-state index contributed by atoms with van der Waals surface area (Å²) < 4.78 is 15.3. The van der Waals surface area contributed by atoms with Crippen LogP contribution < -0.4 is 15.7 Å². The molecule has 4 heterocycles. The van der Waals surface area contributed by atoms with Crippen LogP contribution >= 0.6 is 11.6 Å². The quantitative estimate of drug-likeness (QED) is 0.321. The second kappa shape index (κ2) is 12.9. The van der Waals surface area contributed by atoms with Crippen molar-refractivity contribution in [1.29, 1.82) is 0 Å². The Hall–Kier alpha value is -3.73. The number of aryl methyl sites for hydroxylation is 1. The predicted octanol–water partition coefficient (Wildman–Crippen LogP) is 4.24. The van der Waals surface area contributed by atoms with Crippen LogP contribution in [0.5, 0.6) is 5.88 Å². The van der Waals surface area contributed by atoms with Gasteiger partial charge in [0.15, 0.2) is 0 Å². The van der Waals surface area contributed by atoms with Gasteiger partial charge in [0.25, 0.3) is 5.91 Å². The lowest BCUT2D eigenvalue weighted by molar-refractivity contribution is -0.0410. The molecule has 1 N–H and O–H groups in total. The number of rotatable bonds is 8. The Morgan fingerprint density at radius 2 is 1.88 bits per heavy atom. The van der Waals surface area contributed by atoms with E-state index >= 15 is 0 Å². The third-order valence-corrected chi connectivity index (χ3v) is 8.70. The van der Waals surface area contributed by atoms with Crippen molar-refractivity contribution < 1.29 is 14.3 Å². The monoisotopic (exact) mass is 604 g/mol. The van der Waals surface area contributed by atoms with Gasteiger partial charge >= 0.3 is 5.69 Å². The normalized spacial score (nSPS) is 21.1. The molecular formula is C32H37ClN6O4. The lowest BCUT2D eigenvalue weighted by Gasteiger charge is -2.29. The lowest BCUT2D eigenvalue weighted by Crippen LogP contribution is -2.42. The Kier molecular flexibility index (Phi) is 8.78. The van der Waals surface area contributed by atoms with Gasteiger partial charge in [-0.15, -0.1) is 0 Å². The van der Waals surface area contributed by atoms with Crippen molar-refractivity contribution in [2.75, 3.05) is 33.4 Å². The smallest absolute Gasteiger partial charge is 0.333 e. The number of aromatic nitrogens is 4. The van der Waals surface area contributed by atoms with E-state index in [1.807, 2.05) is 34.9 Å². The Morgan fingerprint density at radius 1 is 1.09 bits per heavy atom. The van der Waals surface area contributed by atoms with Crippen LogP contribution in [0.1, 0.15) is 41.7 Å². The van der Waals surface area contributed by atoms with E-state index in [9.17, 15) is 9.59 Å². The molecule has 10 nitrogen and oxygen atoms in total. The number of carbonyl (C=O) groups excluding carboxylic acids is 1. The van der Waals surface area contributed by atoms with Crippen LogP contribution in [0.4, 0.5) is 0 Å². The summed E-state index contributed by atoms with van der Waals surface area (Å²) in [4.78, 5) is 37.6. The van der Waals surface area contributed by atoms with Gasteiger partial charge in [-0.25, -0.2) is 9.78 Å². The molecule has 4 aromatic rings. The van der Waals surface area contributed by atoms with E-state index in [2.05, 4.69) is 27.2 Å². The number of morpholine rings is 1. The fourth-order valence-corrected chi connectivity index (χ4v) is 6.28. The fraction of sp³-hybridized carbons (Fsp3) is 0.438. The minimum atomic E-state index is -0.143. The van der Waals surface area contributed by atoms with Gasteiger partial charge in [0.05, 0.1) is 45.8 Å². The van der Waals surface area contributed by atoms with Gasteiger partial charge in [0.1, 0.15) is 12.7 Å². The summed E-state index contributed by atoms with van der Waals surface area (Å²) in [6.45, 7) is 5.30. The second-order valence-electron chi connectivity index (χ2n) is 11.6. The Morgan fingerprint density at radius 3 is 2.63 bits per heavy atom. The Labute approximate surface area is 255 Å². The number of nitrogens with one attached hydrogen (secondary N) is 1. The summed E-state index contributed by atoms with van der Waals surface area (Å²) in [5, 5.41) is 3.60. The van der Waals surface area contributed by atoms with Gasteiger partial charge in [-0.3, -0.25) is 18.9 Å². The van der Waals surface area contributed by atoms with Gasteiger partial charge in [0.2, 0.25) is 5.88 Å². The number of benzene rings is 1. The van der Waals surface area contributed by atoms with Crippen LogP contribution in [0.25, 0.3) is 16.7 Å². The first-order valence-corrected chi connectivity index (χ1v) is 15.3. The summed E-state index contributed by atoms with van der Waals surface area (Å²) >= 11 is 6.06. The third kappa shape index (κ3) is 6.61. The van der Waals surface area contributed by atoms with Crippen LogP contribution in [-0.4, -0.2) is 75.4 Å². The van der Waals surface area contributed by atoms with Crippen molar-refractivity contribution in [2.45, 2.75) is 51.3 Å². The average Bonchev–Trinajstić information content (AvgIpc) is 3.29. The molecule has 1 aliphatic carbocycles. The van der Waals surface area contributed by atoms with E-state index in [4.69, 9.17) is 21.1 Å². The summed E-state index contributed by atoms with van der Waals surface area (Å²) in [5.74, 6) is 0.688. The number of nitrogens with zero attached hydrogens (tertiary/aromatic N) is 5. The van der Waals surface area contributed by atoms with Crippen molar-refractivity contribution in [2.24, 2.45) is 5.92 Å². The number of likely N-dealkylation sites (N-methyl/N-ethyl adjacent to an activating group) is 1. The highest BCUT2D eigenvalue weighted by Gasteiger charge is 2.26. The van der Waals surface area contributed by atoms with Crippen LogP contribution in [0.2, 0.25) is 5.02 Å². The molecule has 0 spiro atoms. The third-order valence-electron chi connectivity index (χ3n) is 8.49. The lowest BCUT2D eigenvalue weighted by atomic mass is 9.85. The summed E-state index contributed by atoms with van der Waals surface area (Å²) in [7, 11) is 2.07. The van der Waals surface area contributed by atoms with E-state index in [1.165, 1.54) is 0 Å². The zero-order valence-corrected chi connectivity index (χ0v) is 25.3. The molecular weight excluding hydrogens is 568 g/mol. The molecule has 0 bridgehead atoms. The maximum Gasteiger partial charge on any atom is 0.333 e. The van der Waals surface area contributed by atoms with Crippen molar-refractivity contribution in [3.8, 4) is 11.6 Å². The molecule has 1 saturated carbocycles. The van der Waals surface area contributed by atoms with Crippen molar-refractivity contribution in [3.63, 3.8) is 0 Å². The molecule has 3 aromatic heterocycles. The highest BCUT2D eigenvalue weighted by molar-refractivity contribution is 6.30. The number of ether oxygens (including phenoxy) is 2. The predicted molar refractivity (Wildman–Crippen MR) is 165 cm³/mol. The maximum absolute atomic E-state index is 13.8. The molecule has 1 saturated heterocycles. The van der Waals surface area contributed by atoms with E-state index in [0.29, 0.717) is 53.5 Å². The molecule has 0 unspecified atom stereocenters. The number of pyridine rings is 2. The number of amides is 1. The zero-order chi connectivity index (χ0) is 29.9. The molecule has 1 atom stereocenters. The Bertz CT molecular complexity index is 1640. The van der Waals surface area contributed by atoms with Crippen molar-refractivity contribution >= 4 is 28.5 Å². The molecule has 43 heavy (non-hydrogen) atoms. The van der Waals surface area contributed by atoms with Crippen LogP contribution in [0.3, 0.4) is 0 Å². The molecule has 2 aliphatic rings. The first kappa shape index (κ1) is 29.3. The Balaban J connectivity index is 1.11. The first-order chi connectivity index (χ1) is 20.9. The van der Waals surface area contributed by atoms with Gasteiger partial charge in [-0.2, -0.15) is 0 Å². The van der Waals surface area contributed by atoms with E-state index in [0.717, 1.165) is 49.8 Å². The second-order valence-corrected chi connectivity index (χ2v) is 12.1. The molecule has 2 fully saturated rings. The molecule has 6 rings (SSSR count). The SMILES string of the molecule is Cc1ncc(Cl)cc1C(=O)NC1CCC(Cn2c(=O)n(-c3ccc(OC[C@H]4CN(C)CCO4)nc3)c3ccccc32)CC1. The zero-order valence-electron chi connectivity index (χ0n) is 24.5. The molecule has 1 aromatic carbocycles. The van der Waals surface area contributed by atoms with E-state index in [1.54, 1.807) is 36.0 Å². The number of carbonyl (C=O) groups is 1. The number of hydrogen-bond acceptors (Lipinski definition) is 7. The van der Waals surface area contributed by atoms with Gasteiger partial charge in [-0.05, 0) is 69.8 Å². The van der Waals surface area contributed by atoms with E-state index in [-0.39, 0.29) is 23.7 Å². The molecule has 0 radical (unpaired) electrons. The number of fused-ring (bicyclic) bond motifs is 1. The van der Waals surface area contributed by atoms with Crippen molar-refractivity contribution in [3.05, 3.63) is 81.6 Å². The van der Waals surface area contributed by atoms with Crippen LogP contribution in [0.15, 0.2) is 59.7 Å². The molecule has 1 amide bonds. The highest BCUT2D eigenvalue weighted by atomic mass is 35.5. The maximum atomic E-state index is 13.8. The summed E-state index contributed by atoms with van der Waals surface area (Å²) in [5.41, 5.74) is 3.51. The molecule has 11 heteroatoms. The summed E-state index contributed by atoms with van der Waals surface area (Å²) in [6, 6.07) is 13.3. The highest BCUT2D eigenvalue weighted by Crippen LogP contribution is 2.28. The first-order valence-electron chi connectivity index (χ1n) is 14.9. The molecule has 226 valence electrons. The largest absolute Gasteiger partial charge is 0.475 e. The van der Waals surface area contributed by atoms with E-state index < -0.39 is 0 Å². The van der Waals surface area contributed by atoms with Gasteiger partial charge in [-0.1, -0.05) is 23.7 Å². The van der Waals surface area contributed by atoms with Crippen molar-refractivity contribution in [1.82, 2.24) is 29.3 Å². The number of halogens is 1. The average molecular weight is 605 g/mol. The minimum Gasteiger partial charge on any atom is -0.475 e. The topological polar surface area (TPSA) is 104 Å². The minimum absolute atomic E-state index is 0.0108. The fourth-order valence-electron chi connectivity index (χ4n) is 6.12. The number of para-hydroxylation sites is 2. The van der Waals surface area contributed by atoms with Crippen LogP contribution in [-0.2, 0) is 11.3 Å². The van der Waals surface area contributed by atoms with Gasteiger partial charge < -0.3 is 19.7 Å². The van der Waals surface area contributed by atoms with Crippen LogP contribution in [0, 0.1) is 12.8 Å². The standard InChI is InChI=1S/C32H37ClN6O4/c1-21-27(15-23(33)16-34-21)31(40)36-24-9-7-22(8-10-24)18-38-28-5-3-4-6-29(28)39(32(38)41)25-11-12-30(35-17-25)43-20-26-19-37(2)13-14-42-26/h3-6,11-12,15-17,22,24,26H,7-10,13-14,18-20H2,1-2H3,(H,36,40)/t22?,24?,26-/m1/s1. The summed E-state index contributed by atoms with van der Waals surface area (Å²) in [6.07, 6.45) is 6.78. The number of hydrogen-bond donors (Lipinski definition) is 1. The van der Waals surface area contributed by atoms with Gasteiger partial charge in [0, 0.05) is 37.9 Å². The number of imidazole rings is 1. The molecule has 1 aliphatic heterocycles.